The lowest BCUT2D eigenvalue weighted by atomic mass is 10.2. The third kappa shape index (κ3) is 6.05. The summed E-state index contributed by atoms with van der Waals surface area (Å²) in [7, 11) is 0.463. The number of hydrogen-bond acceptors (Lipinski definition) is 5. The minimum Gasteiger partial charge on any atom is -0.495 e. The summed E-state index contributed by atoms with van der Waals surface area (Å²) in [6, 6.07) is 4.88. The predicted molar refractivity (Wildman–Crippen MR) is 133 cm³/mol. The molecular formula is C23H36BrN3O4Si. The molecule has 0 N–H and O–H groups in total. The van der Waals surface area contributed by atoms with Crippen LogP contribution in [0.3, 0.4) is 0 Å². The molecule has 1 saturated heterocycles. The van der Waals surface area contributed by atoms with Gasteiger partial charge in [0, 0.05) is 27.3 Å². The van der Waals surface area contributed by atoms with E-state index in [4.69, 9.17) is 19.2 Å². The van der Waals surface area contributed by atoms with Crippen LogP contribution in [0.4, 0.5) is 4.79 Å². The molecule has 32 heavy (non-hydrogen) atoms. The number of hydrogen-bond donors (Lipinski definition) is 0. The highest BCUT2D eigenvalue weighted by molar-refractivity contribution is 9.10. The maximum Gasteiger partial charge on any atom is 0.410 e. The van der Waals surface area contributed by atoms with Crippen molar-refractivity contribution in [3.63, 3.8) is 0 Å². The molecule has 3 rings (SSSR count). The van der Waals surface area contributed by atoms with Gasteiger partial charge < -0.3 is 18.8 Å². The Morgan fingerprint density at radius 3 is 2.62 bits per heavy atom. The molecule has 1 aliphatic heterocycles. The van der Waals surface area contributed by atoms with Crippen molar-refractivity contribution >= 4 is 41.1 Å². The van der Waals surface area contributed by atoms with E-state index in [0.717, 1.165) is 46.0 Å². The molecule has 2 aromatic rings. The molecule has 0 unspecified atom stereocenters. The lowest BCUT2D eigenvalue weighted by Crippen LogP contribution is -2.37. The normalized spacial score (nSPS) is 17.2. The van der Waals surface area contributed by atoms with Crippen LogP contribution in [-0.2, 0) is 16.2 Å². The zero-order valence-electron chi connectivity index (χ0n) is 20.3. The van der Waals surface area contributed by atoms with Crippen molar-refractivity contribution in [2.75, 3.05) is 20.3 Å². The number of carbonyl (C=O) groups is 1. The van der Waals surface area contributed by atoms with Crippen LogP contribution in [0.15, 0.2) is 16.6 Å². The Hall–Kier alpha value is -1.58. The second-order valence-corrected chi connectivity index (χ2v) is 17.0. The summed E-state index contributed by atoms with van der Waals surface area (Å²) in [6.07, 6.45) is 1.46. The third-order valence-corrected chi connectivity index (χ3v) is 7.77. The van der Waals surface area contributed by atoms with Gasteiger partial charge in [-0.15, -0.1) is 0 Å². The highest BCUT2D eigenvalue weighted by Gasteiger charge is 2.36. The quantitative estimate of drug-likeness (QED) is 0.318. The van der Waals surface area contributed by atoms with Gasteiger partial charge in [-0.3, -0.25) is 4.90 Å². The molecule has 1 aromatic heterocycles. The Labute approximate surface area is 200 Å². The van der Waals surface area contributed by atoms with Crippen molar-refractivity contribution in [2.45, 2.75) is 77.7 Å². The fourth-order valence-electron chi connectivity index (χ4n) is 3.80. The average Bonchev–Trinajstić information content (AvgIpc) is 3.26. The van der Waals surface area contributed by atoms with E-state index in [0.29, 0.717) is 19.9 Å². The number of halogens is 1. The van der Waals surface area contributed by atoms with Gasteiger partial charge in [-0.05, 0) is 61.7 Å². The number of likely N-dealkylation sites (tertiary alicyclic amines) is 1. The summed E-state index contributed by atoms with van der Waals surface area (Å²) in [6.45, 7) is 14.5. The molecule has 7 nitrogen and oxygen atoms in total. The van der Waals surface area contributed by atoms with Crippen molar-refractivity contribution in [2.24, 2.45) is 0 Å². The van der Waals surface area contributed by atoms with E-state index >= 15 is 0 Å². The van der Waals surface area contributed by atoms with Gasteiger partial charge in [0.25, 0.3) is 0 Å². The number of nitrogens with zero attached hydrogens (tertiary/aromatic N) is 3. The molecule has 2 heterocycles. The monoisotopic (exact) mass is 525 g/mol. The molecular weight excluding hydrogens is 490 g/mol. The Morgan fingerprint density at radius 1 is 1.28 bits per heavy atom. The van der Waals surface area contributed by atoms with Gasteiger partial charge in [-0.25, -0.2) is 9.78 Å². The zero-order valence-corrected chi connectivity index (χ0v) is 22.9. The molecule has 1 atom stereocenters. The van der Waals surface area contributed by atoms with Gasteiger partial charge in [0.05, 0.1) is 28.7 Å². The summed E-state index contributed by atoms with van der Waals surface area (Å²) >= 11 is 3.56. The first-order chi connectivity index (χ1) is 14.9. The Morgan fingerprint density at radius 2 is 2.00 bits per heavy atom. The smallest absolute Gasteiger partial charge is 0.410 e. The van der Waals surface area contributed by atoms with E-state index in [1.807, 2.05) is 32.9 Å². The number of aromatic nitrogens is 2. The third-order valence-electron chi connectivity index (χ3n) is 5.45. The number of fused-ring (bicyclic) bond motifs is 1. The fraction of sp³-hybridized carbons (Fsp3) is 0.652. The summed E-state index contributed by atoms with van der Waals surface area (Å²) in [5.41, 5.74) is 1.24. The first kappa shape index (κ1) is 25.0. The fourth-order valence-corrected chi connectivity index (χ4v) is 5.05. The van der Waals surface area contributed by atoms with Crippen LogP contribution in [0.1, 0.15) is 45.5 Å². The number of carbonyl (C=O) groups excluding carboxylic acids is 1. The van der Waals surface area contributed by atoms with Crippen molar-refractivity contribution in [1.29, 1.82) is 0 Å². The molecule has 0 saturated carbocycles. The largest absolute Gasteiger partial charge is 0.495 e. The average molecular weight is 527 g/mol. The van der Waals surface area contributed by atoms with E-state index < -0.39 is 13.7 Å². The maximum absolute atomic E-state index is 12.9. The molecule has 1 aliphatic rings. The van der Waals surface area contributed by atoms with Crippen LogP contribution in [0, 0.1) is 0 Å². The first-order valence-corrected chi connectivity index (χ1v) is 15.7. The number of methoxy groups -OCH3 is 1. The Bertz CT molecular complexity index is 965. The van der Waals surface area contributed by atoms with E-state index in [9.17, 15) is 4.79 Å². The van der Waals surface area contributed by atoms with E-state index in [-0.39, 0.29) is 12.1 Å². The standard InChI is InChI=1S/C23H36BrN3O4Si/c1-23(2,3)31-22(28)26-10-8-9-18(26)21-25-17-13-16(24)20(29-4)14-19(17)27(21)15-30-11-12-32(5,6)7/h13-14,18H,8-12,15H2,1-7H3/t18-/m0/s1. The van der Waals surface area contributed by atoms with Crippen LogP contribution in [-0.4, -0.2) is 54.5 Å². The molecule has 0 radical (unpaired) electrons. The van der Waals surface area contributed by atoms with Crippen molar-refractivity contribution < 1.29 is 19.0 Å². The lowest BCUT2D eigenvalue weighted by molar-refractivity contribution is 0.0205. The minimum absolute atomic E-state index is 0.150. The number of amides is 1. The van der Waals surface area contributed by atoms with Crippen molar-refractivity contribution in [1.82, 2.24) is 14.5 Å². The van der Waals surface area contributed by atoms with Gasteiger partial charge >= 0.3 is 6.09 Å². The highest BCUT2D eigenvalue weighted by Crippen LogP contribution is 2.37. The maximum atomic E-state index is 12.9. The second kappa shape index (κ2) is 9.73. The molecule has 0 aliphatic carbocycles. The highest BCUT2D eigenvalue weighted by atomic mass is 79.9. The van der Waals surface area contributed by atoms with Gasteiger partial charge in [0.2, 0.25) is 0 Å². The zero-order chi connectivity index (χ0) is 23.7. The SMILES string of the molecule is COc1cc2c(cc1Br)nc([C@@H]1CCCN1C(=O)OC(C)(C)C)n2COCC[Si](C)(C)C. The van der Waals surface area contributed by atoms with Gasteiger partial charge in [-0.2, -0.15) is 0 Å². The van der Waals surface area contributed by atoms with Crippen LogP contribution < -0.4 is 4.74 Å². The van der Waals surface area contributed by atoms with Gasteiger partial charge in [-0.1, -0.05) is 19.6 Å². The molecule has 1 amide bonds. The molecule has 0 bridgehead atoms. The summed E-state index contributed by atoms with van der Waals surface area (Å²) in [5.74, 6) is 1.57. The van der Waals surface area contributed by atoms with Crippen LogP contribution in [0.5, 0.6) is 5.75 Å². The first-order valence-electron chi connectivity index (χ1n) is 11.2. The van der Waals surface area contributed by atoms with Crippen LogP contribution in [0.25, 0.3) is 11.0 Å². The van der Waals surface area contributed by atoms with Gasteiger partial charge in [0.1, 0.15) is 23.9 Å². The van der Waals surface area contributed by atoms with E-state index in [1.54, 1.807) is 12.0 Å². The van der Waals surface area contributed by atoms with Gasteiger partial charge in [0.15, 0.2) is 0 Å². The van der Waals surface area contributed by atoms with E-state index in [1.165, 1.54) is 0 Å². The van der Waals surface area contributed by atoms with E-state index in [2.05, 4.69) is 40.1 Å². The number of rotatable bonds is 7. The van der Waals surface area contributed by atoms with Crippen molar-refractivity contribution in [3.05, 3.63) is 22.4 Å². The summed E-state index contributed by atoms with van der Waals surface area (Å²) in [4.78, 5) is 19.7. The summed E-state index contributed by atoms with van der Waals surface area (Å²) in [5, 5.41) is 0. The number of benzene rings is 1. The summed E-state index contributed by atoms with van der Waals surface area (Å²) < 4.78 is 20.2. The lowest BCUT2D eigenvalue weighted by Gasteiger charge is -2.28. The number of ether oxygens (including phenoxy) is 3. The molecule has 178 valence electrons. The molecule has 9 heteroatoms. The Kier molecular flexibility index (Phi) is 7.61. The molecule has 1 aromatic carbocycles. The number of imidazole rings is 1. The topological polar surface area (TPSA) is 65.8 Å². The second-order valence-electron chi connectivity index (χ2n) is 10.6. The minimum atomic E-state index is -1.19. The Balaban J connectivity index is 1.96. The molecule has 0 spiro atoms. The van der Waals surface area contributed by atoms with Crippen molar-refractivity contribution in [3.8, 4) is 5.75 Å². The molecule has 1 fully saturated rings. The van der Waals surface area contributed by atoms with Crippen LogP contribution >= 0.6 is 15.9 Å². The predicted octanol–water partition coefficient (Wildman–Crippen LogP) is 6.19. The van der Waals surface area contributed by atoms with Crippen LogP contribution in [0.2, 0.25) is 25.7 Å².